The van der Waals surface area contributed by atoms with Gasteiger partial charge in [-0.1, -0.05) is 29.8 Å². The number of carbonyl (C=O) groups excluding carboxylic acids is 4. The molecule has 0 aromatic heterocycles. The van der Waals surface area contributed by atoms with Crippen molar-refractivity contribution in [1.82, 2.24) is 4.90 Å². The summed E-state index contributed by atoms with van der Waals surface area (Å²) in [7, 11) is 0. The average Bonchev–Trinajstić information content (AvgIpc) is 2.85. The van der Waals surface area contributed by atoms with Crippen molar-refractivity contribution >= 4 is 40.8 Å². The standard InChI is InChI=1S/C23H24N4O4/c1-14-8-10-17(11-9-14)27-16(3)22(30)25(23(27)31)13-21(29)26-15(2)12-20(28)24-18-6-4-5-7-19(18)26/h4-11,15-16H,12-13H2,1-3H3,(H,24,28)/t15-,16+/m1/s1. The van der Waals surface area contributed by atoms with Crippen molar-refractivity contribution in [3.63, 3.8) is 0 Å². The molecule has 0 bridgehead atoms. The van der Waals surface area contributed by atoms with Gasteiger partial charge in [0, 0.05) is 18.2 Å². The van der Waals surface area contributed by atoms with Gasteiger partial charge in [0.15, 0.2) is 0 Å². The molecule has 2 aromatic carbocycles. The third-order valence-corrected chi connectivity index (χ3v) is 5.68. The van der Waals surface area contributed by atoms with Gasteiger partial charge in [-0.3, -0.25) is 24.2 Å². The molecule has 8 nitrogen and oxygen atoms in total. The van der Waals surface area contributed by atoms with Crippen LogP contribution >= 0.6 is 0 Å². The molecule has 5 amide bonds. The van der Waals surface area contributed by atoms with Crippen molar-refractivity contribution in [1.29, 1.82) is 0 Å². The minimum Gasteiger partial charge on any atom is -0.324 e. The highest BCUT2D eigenvalue weighted by atomic mass is 16.2. The van der Waals surface area contributed by atoms with Crippen molar-refractivity contribution in [2.45, 2.75) is 39.3 Å². The number of hydrogen-bond donors (Lipinski definition) is 1. The van der Waals surface area contributed by atoms with Crippen molar-refractivity contribution in [3.8, 4) is 0 Å². The van der Waals surface area contributed by atoms with Crippen LogP contribution in [0.15, 0.2) is 48.5 Å². The van der Waals surface area contributed by atoms with E-state index < -0.39 is 36.5 Å². The van der Waals surface area contributed by atoms with E-state index in [4.69, 9.17) is 0 Å². The fourth-order valence-corrected chi connectivity index (χ4v) is 4.09. The molecule has 160 valence electrons. The minimum absolute atomic E-state index is 0.119. The number of rotatable bonds is 3. The Labute approximate surface area is 180 Å². The maximum atomic E-state index is 13.3. The third-order valence-electron chi connectivity index (χ3n) is 5.68. The van der Waals surface area contributed by atoms with Crippen LogP contribution in [0.2, 0.25) is 0 Å². The number of carbonyl (C=O) groups is 4. The maximum Gasteiger partial charge on any atom is 0.332 e. The molecule has 1 N–H and O–H groups in total. The predicted octanol–water partition coefficient (Wildman–Crippen LogP) is 2.92. The number of anilines is 3. The zero-order valence-corrected chi connectivity index (χ0v) is 17.7. The van der Waals surface area contributed by atoms with E-state index in [2.05, 4.69) is 5.32 Å². The number of nitrogens with zero attached hydrogens (tertiary/aromatic N) is 3. The van der Waals surface area contributed by atoms with Gasteiger partial charge in [0.25, 0.3) is 5.91 Å². The largest absolute Gasteiger partial charge is 0.332 e. The number of fused-ring (bicyclic) bond motifs is 1. The highest BCUT2D eigenvalue weighted by Crippen LogP contribution is 2.32. The number of amides is 5. The van der Waals surface area contributed by atoms with E-state index in [1.165, 1.54) is 9.80 Å². The number of imide groups is 1. The quantitative estimate of drug-likeness (QED) is 0.773. The summed E-state index contributed by atoms with van der Waals surface area (Å²) in [5.41, 5.74) is 2.72. The molecule has 1 saturated heterocycles. The molecule has 31 heavy (non-hydrogen) atoms. The fourth-order valence-electron chi connectivity index (χ4n) is 4.09. The average molecular weight is 420 g/mol. The van der Waals surface area contributed by atoms with E-state index in [1.807, 2.05) is 19.1 Å². The van der Waals surface area contributed by atoms with Crippen LogP contribution in [-0.4, -0.2) is 47.3 Å². The molecule has 2 heterocycles. The van der Waals surface area contributed by atoms with E-state index >= 15 is 0 Å². The first-order valence-electron chi connectivity index (χ1n) is 10.2. The Morgan fingerprint density at radius 2 is 1.71 bits per heavy atom. The number of urea groups is 1. The van der Waals surface area contributed by atoms with E-state index in [-0.39, 0.29) is 12.3 Å². The molecule has 0 spiro atoms. The Hall–Kier alpha value is -3.68. The summed E-state index contributed by atoms with van der Waals surface area (Å²) in [6.45, 7) is 4.97. The third kappa shape index (κ3) is 3.65. The summed E-state index contributed by atoms with van der Waals surface area (Å²) in [6.07, 6.45) is 0.119. The van der Waals surface area contributed by atoms with Crippen LogP contribution in [0.25, 0.3) is 0 Å². The van der Waals surface area contributed by atoms with Gasteiger partial charge in [-0.25, -0.2) is 4.79 Å². The summed E-state index contributed by atoms with van der Waals surface area (Å²) >= 11 is 0. The summed E-state index contributed by atoms with van der Waals surface area (Å²) in [4.78, 5) is 55.3. The van der Waals surface area contributed by atoms with E-state index in [9.17, 15) is 19.2 Å². The smallest absolute Gasteiger partial charge is 0.324 e. The predicted molar refractivity (Wildman–Crippen MR) is 117 cm³/mol. The Morgan fingerprint density at radius 1 is 1.03 bits per heavy atom. The first-order valence-corrected chi connectivity index (χ1v) is 10.2. The van der Waals surface area contributed by atoms with Gasteiger partial charge in [-0.05, 0) is 45.0 Å². The van der Waals surface area contributed by atoms with Crippen LogP contribution in [0.5, 0.6) is 0 Å². The molecule has 2 atom stereocenters. The topological polar surface area (TPSA) is 90.0 Å². The van der Waals surface area contributed by atoms with E-state index in [1.54, 1.807) is 50.2 Å². The van der Waals surface area contributed by atoms with Gasteiger partial charge in [-0.15, -0.1) is 0 Å². The molecular formula is C23H24N4O4. The molecule has 2 aliphatic heterocycles. The van der Waals surface area contributed by atoms with Gasteiger partial charge < -0.3 is 10.2 Å². The number of aryl methyl sites for hydroxylation is 1. The molecule has 4 rings (SSSR count). The van der Waals surface area contributed by atoms with Crippen LogP contribution in [0.1, 0.15) is 25.8 Å². The van der Waals surface area contributed by atoms with Crippen molar-refractivity contribution in [2.75, 3.05) is 21.7 Å². The Kier molecular flexibility index (Phi) is 5.22. The first kappa shape index (κ1) is 20.6. The molecule has 8 heteroatoms. The monoisotopic (exact) mass is 420 g/mol. The highest BCUT2D eigenvalue weighted by molar-refractivity contribution is 6.16. The molecule has 0 unspecified atom stereocenters. The Morgan fingerprint density at radius 3 is 2.42 bits per heavy atom. The van der Waals surface area contributed by atoms with Crippen LogP contribution in [0, 0.1) is 6.92 Å². The normalized spacial score (nSPS) is 21.1. The van der Waals surface area contributed by atoms with Gasteiger partial charge >= 0.3 is 6.03 Å². The molecule has 2 aliphatic rings. The number of benzene rings is 2. The lowest BCUT2D eigenvalue weighted by Gasteiger charge is -2.29. The fraction of sp³-hybridized carbons (Fsp3) is 0.304. The number of para-hydroxylation sites is 2. The first-order chi connectivity index (χ1) is 14.8. The molecule has 0 aliphatic carbocycles. The lowest BCUT2D eigenvalue weighted by atomic mass is 10.1. The molecule has 0 radical (unpaired) electrons. The van der Waals surface area contributed by atoms with E-state index in [0.29, 0.717) is 17.1 Å². The van der Waals surface area contributed by atoms with Crippen molar-refractivity contribution in [3.05, 3.63) is 54.1 Å². The number of hydrogen-bond acceptors (Lipinski definition) is 4. The van der Waals surface area contributed by atoms with Crippen LogP contribution in [-0.2, 0) is 14.4 Å². The van der Waals surface area contributed by atoms with Crippen molar-refractivity contribution in [2.24, 2.45) is 0 Å². The zero-order valence-electron chi connectivity index (χ0n) is 17.7. The molecule has 0 saturated carbocycles. The lowest BCUT2D eigenvalue weighted by molar-refractivity contribution is -0.131. The van der Waals surface area contributed by atoms with Gasteiger partial charge in [-0.2, -0.15) is 0 Å². The summed E-state index contributed by atoms with van der Waals surface area (Å²) in [5.74, 6) is -1.04. The van der Waals surface area contributed by atoms with Gasteiger partial charge in [0.05, 0.1) is 11.4 Å². The zero-order chi connectivity index (χ0) is 22.3. The second-order valence-electron chi connectivity index (χ2n) is 7.97. The molecule has 1 fully saturated rings. The Balaban J connectivity index is 1.61. The second kappa shape index (κ2) is 7.86. The van der Waals surface area contributed by atoms with Gasteiger partial charge in [0.1, 0.15) is 12.6 Å². The lowest BCUT2D eigenvalue weighted by Crippen LogP contribution is -2.47. The summed E-state index contributed by atoms with van der Waals surface area (Å²) in [6, 6.07) is 12.7. The van der Waals surface area contributed by atoms with Gasteiger partial charge in [0.2, 0.25) is 11.8 Å². The summed E-state index contributed by atoms with van der Waals surface area (Å²) in [5, 5.41) is 2.80. The summed E-state index contributed by atoms with van der Waals surface area (Å²) < 4.78 is 0. The van der Waals surface area contributed by atoms with Crippen LogP contribution in [0.3, 0.4) is 0 Å². The van der Waals surface area contributed by atoms with E-state index in [0.717, 1.165) is 10.5 Å². The highest BCUT2D eigenvalue weighted by Gasteiger charge is 2.45. The van der Waals surface area contributed by atoms with Crippen LogP contribution < -0.4 is 15.1 Å². The minimum atomic E-state index is -0.708. The molecular weight excluding hydrogens is 396 g/mol. The number of nitrogens with one attached hydrogen (secondary N) is 1. The molecule has 2 aromatic rings. The SMILES string of the molecule is Cc1ccc(N2C(=O)N(CC(=O)N3c4ccccc4NC(=O)C[C@H]3C)C(=O)[C@@H]2C)cc1. The maximum absolute atomic E-state index is 13.3. The second-order valence-corrected chi connectivity index (χ2v) is 7.97. The van der Waals surface area contributed by atoms with Crippen molar-refractivity contribution < 1.29 is 19.2 Å². The Bertz CT molecular complexity index is 1070. The van der Waals surface area contributed by atoms with Crippen LogP contribution in [0.4, 0.5) is 21.9 Å².